The number of rotatable bonds is 5. The number of phenols is 1. The average molecular weight is 361 g/mol. The Bertz CT molecular complexity index is 790. The minimum atomic E-state index is -0.158. The molecule has 0 spiro atoms. The first-order valence-corrected chi connectivity index (χ1v) is 8.55. The van der Waals surface area contributed by atoms with Crippen molar-refractivity contribution in [1.29, 1.82) is 0 Å². The van der Waals surface area contributed by atoms with Crippen LogP contribution in [0.1, 0.15) is 24.0 Å². The second-order valence-electron chi connectivity index (χ2n) is 6.26. The van der Waals surface area contributed by atoms with Crippen molar-refractivity contribution in [2.24, 2.45) is 0 Å². The quantitative estimate of drug-likeness (QED) is 0.821. The van der Waals surface area contributed by atoms with Gasteiger partial charge in [-0.3, -0.25) is 0 Å². The van der Waals surface area contributed by atoms with Crippen molar-refractivity contribution >= 4 is 23.3 Å². The molecule has 0 bridgehead atoms. The number of urea groups is 1. The molecule has 0 aliphatic heterocycles. The van der Waals surface area contributed by atoms with Gasteiger partial charge in [-0.05, 0) is 55.2 Å². The van der Waals surface area contributed by atoms with E-state index in [1.54, 1.807) is 29.2 Å². The molecule has 0 aromatic heterocycles. The lowest BCUT2D eigenvalue weighted by molar-refractivity contribution is 0.206. The lowest BCUT2D eigenvalue weighted by Crippen LogP contribution is -2.36. The van der Waals surface area contributed by atoms with E-state index in [0.717, 1.165) is 24.0 Å². The Labute approximate surface area is 152 Å². The van der Waals surface area contributed by atoms with Crippen LogP contribution in [0, 0.1) is 6.92 Å². The number of hydrogen-bond donors (Lipinski definition) is 2. The van der Waals surface area contributed by atoms with Crippen molar-refractivity contribution in [3.05, 3.63) is 52.5 Å². The number of anilines is 1. The van der Waals surface area contributed by atoms with E-state index in [1.165, 1.54) is 7.11 Å². The van der Waals surface area contributed by atoms with Gasteiger partial charge in [0.1, 0.15) is 0 Å². The Morgan fingerprint density at radius 2 is 2.08 bits per heavy atom. The maximum absolute atomic E-state index is 12.7. The normalized spacial score (nSPS) is 13.4. The van der Waals surface area contributed by atoms with Gasteiger partial charge >= 0.3 is 6.03 Å². The van der Waals surface area contributed by atoms with Crippen molar-refractivity contribution in [1.82, 2.24) is 4.90 Å². The van der Waals surface area contributed by atoms with Crippen molar-refractivity contribution in [3.63, 3.8) is 0 Å². The molecule has 2 N–H and O–H groups in total. The number of nitrogens with one attached hydrogen (secondary N) is 1. The number of methoxy groups -OCH3 is 1. The predicted octanol–water partition coefficient (Wildman–Crippen LogP) is 4.56. The Kier molecular flexibility index (Phi) is 5.04. The number of halogens is 1. The van der Waals surface area contributed by atoms with Gasteiger partial charge in [0.25, 0.3) is 0 Å². The fourth-order valence-electron chi connectivity index (χ4n) is 2.64. The molecule has 2 aromatic rings. The van der Waals surface area contributed by atoms with Gasteiger partial charge in [0.15, 0.2) is 11.5 Å². The zero-order chi connectivity index (χ0) is 18.0. The van der Waals surface area contributed by atoms with Crippen LogP contribution < -0.4 is 10.1 Å². The highest BCUT2D eigenvalue weighted by molar-refractivity contribution is 6.31. The van der Waals surface area contributed by atoms with E-state index < -0.39 is 0 Å². The number of hydrogen-bond acceptors (Lipinski definition) is 3. The highest BCUT2D eigenvalue weighted by atomic mass is 35.5. The molecule has 2 amide bonds. The van der Waals surface area contributed by atoms with Gasteiger partial charge in [0, 0.05) is 23.3 Å². The minimum absolute atomic E-state index is 0.0861. The van der Waals surface area contributed by atoms with Crippen LogP contribution in [-0.2, 0) is 6.54 Å². The van der Waals surface area contributed by atoms with Crippen LogP contribution in [-0.4, -0.2) is 29.2 Å². The number of amides is 2. The molecule has 0 atom stereocenters. The van der Waals surface area contributed by atoms with Crippen LogP contribution >= 0.6 is 11.6 Å². The van der Waals surface area contributed by atoms with Gasteiger partial charge in [0.2, 0.25) is 0 Å². The zero-order valence-corrected chi connectivity index (χ0v) is 15.0. The van der Waals surface area contributed by atoms with Gasteiger partial charge in [-0.2, -0.15) is 0 Å². The molecular formula is C19H21ClN2O3. The minimum Gasteiger partial charge on any atom is -0.504 e. The third kappa shape index (κ3) is 4.17. The molecule has 0 saturated heterocycles. The monoisotopic (exact) mass is 360 g/mol. The Hall–Kier alpha value is -2.40. The molecule has 1 saturated carbocycles. The average Bonchev–Trinajstić information content (AvgIpc) is 3.42. The van der Waals surface area contributed by atoms with Crippen LogP contribution in [0.4, 0.5) is 10.5 Å². The van der Waals surface area contributed by atoms with Gasteiger partial charge in [-0.1, -0.05) is 23.7 Å². The van der Waals surface area contributed by atoms with E-state index in [2.05, 4.69) is 5.32 Å². The molecular weight excluding hydrogens is 340 g/mol. The molecule has 0 radical (unpaired) electrons. The number of aromatic hydroxyl groups is 1. The molecule has 1 fully saturated rings. The Balaban J connectivity index is 1.74. The number of nitrogens with zero attached hydrogens (tertiary/aromatic N) is 1. The summed E-state index contributed by atoms with van der Waals surface area (Å²) < 4.78 is 5.14. The maximum atomic E-state index is 12.7. The number of benzene rings is 2. The second-order valence-corrected chi connectivity index (χ2v) is 6.67. The molecule has 132 valence electrons. The Morgan fingerprint density at radius 3 is 2.72 bits per heavy atom. The molecule has 6 heteroatoms. The largest absolute Gasteiger partial charge is 0.504 e. The molecule has 0 heterocycles. The van der Waals surface area contributed by atoms with E-state index in [0.29, 0.717) is 23.0 Å². The number of carbonyl (C=O) groups is 1. The first kappa shape index (κ1) is 17.4. The van der Waals surface area contributed by atoms with E-state index in [9.17, 15) is 9.90 Å². The predicted molar refractivity (Wildman–Crippen MR) is 98.4 cm³/mol. The van der Waals surface area contributed by atoms with E-state index in [4.69, 9.17) is 16.3 Å². The molecule has 0 unspecified atom stereocenters. The molecule has 1 aliphatic carbocycles. The number of carbonyl (C=O) groups excluding carboxylic acids is 1. The second kappa shape index (κ2) is 7.23. The lowest BCUT2D eigenvalue weighted by atomic mass is 10.2. The molecule has 1 aliphatic rings. The van der Waals surface area contributed by atoms with Crippen LogP contribution in [0.25, 0.3) is 0 Å². The molecule has 3 rings (SSSR count). The smallest absolute Gasteiger partial charge is 0.322 e. The zero-order valence-electron chi connectivity index (χ0n) is 14.3. The standard InChI is InChI=1S/C19H21ClN2O3/c1-12-3-5-14(10-16(12)20)21-19(24)22(15-6-7-15)11-13-4-8-17(23)18(9-13)25-2/h3-5,8-10,15,23H,6-7,11H2,1-2H3,(H,21,24). The van der Waals surface area contributed by atoms with E-state index >= 15 is 0 Å². The summed E-state index contributed by atoms with van der Waals surface area (Å²) in [5.74, 6) is 0.488. The summed E-state index contributed by atoms with van der Waals surface area (Å²) in [4.78, 5) is 14.5. The summed E-state index contributed by atoms with van der Waals surface area (Å²) in [5, 5.41) is 13.3. The first-order valence-electron chi connectivity index (χ1n) is 8.17. The maximum Gasteiger partial charge on any atom is 0.322 e. The molecule has 25 heavy (non-hydrogen) atoms. The number of aryl methyl sites for hydroxylation is 1. The third-order valence-corrected chi connectivity index (χ3v) is 4.68. The highest BCUT2D eigenvalue weighted by Gasteiger charge is 2.32. The fourth-order valence-corrected chi connectivity index (χ4v) is 2.82. The van der Waals surface area contributed by atoms with Gasteiger partial charge in [0.05, 0.1) is 7.11 Å². The van der Waals surface area contributed by atoms with Crippen molar-refractivity contribution in [2.75, 3.05) is 12.4 Å². The Morgan fingerprint density at radius 1 is 1.32 bits per heavy atom. The summed E-state index contributed by atoms with van der Waals surface area (Å²) >= 11 is 6.13. The van der Waals surface area contributed by atoms with Crippen molar-refractivity contribution in [2.45, 2.75) is 32.4 Å². The number of ether oxygens (including phenoxy) is 1. The highest BCUT2D eigenvalue weighted by Crippen LogP contribution is 2.32. The van der Waals surface area contributed by atoms with Gasteiger partial charge in [-0.15, -0.1) is 0 Å². The topological polar surface area (TPSA) is 61.8 Å². The van der Waals surface area contributed by atoms with Crippen LogP contribution in [0.2, 0.25) is 5.02 Å². The summed E-state index contributed by atoms with van der Waals surface area (Å²) in [5.41, 5.74) is 2.54. The van der Waals surface area contributed by atoms with E-state index in [-0.39, 0.29) is 17.8 Å². The van der Waals surface area contributed by atoms with Crippen LogP contribution in [0.3, 0.4) is 0 Å². The summed E-state index contributed by atoms with van der Waals surface area (Å²) in [6, 6.07) is 10.7. The SMILES string of the molecule is COc1cc(CN(C(=O)Nc2ccc(C)c(Cl)c2)C2CC2)ccc1O. The summed E-state index contributed by atoms with van der Waals surface area (Å²) in [6.45, 7) is 2.37. The number of phenolic OH excluding ortho intramolecular Hbond substituents is 1. The summed E-state index contributed by atoms with van der Waals surface area (Å²) in [7, 11) is 1.51. The van der Waals surface area contributed by atoms with Gasteiger partial charge in [-0.25, -0.2) is 4.79 Å². The molecule has 2 aromatic carbocycles. The third-order valence-electron chi connectivity index (χ3n) is 4.27. The van der Waals surface area contributed by atoms with Gasteiger partial charge < -0.3 is 20.1 Å². The van der Waals surface area contributed by atoms with Crippen molar-refractivity contribution in [3.8, 4) is 11.5 Å². The lowest BCUT2D eigenvalue weighted by Gasteiger charge is -2.23. The first-order chi connectivity index (χ1) is 12.0. The molecule has 5 nitrogen and oxygen atoms in total. The fraction of sp³-hybridized carbons (Fsp3) is 0.316. The van der Waals surface area contributed by atoms with Crippen molar-refractivity contribution < 1.29 is 14.6 Å². The van der Waals surface area contributed by atoms with Crippen LogP contribution in [0.5, 0.6) is 11.5 Å². The van der Waals surface area contributed by atoms with E-state index in [1.807, 2.05) is 19.1 Å². The summed E-state index contributed by atoms with van der Waals surface area (Å²) in [6.07, 6.45) is 1.99. The van der Waals surface area contributed by atoms with Crippen LogP contribution in [0.15, 0.2) is 36.4 Å².